The highest BCUT2D eigenvalue weighted by Gasteiger charge is 1.90. The van der Waals surface area contributed by atoms with Crippen LogP contribution in [0.15, 0.2) is 42.2 Å². The van der Waals surface area contributed by atoms with Gasteiger partial charge in [-0.25, -0.2) is 9.67 Å². The molecular weight excluding hydrogens is 198 g/mol. The van der Waals surface area contributed by atoms with Crippen LogP contribution in [0.5, 0.6) is 0 Å². The fraction of sp³-hybridized carbons (Fsp3) is 0.385. The van der Waals surface area contributed by atoms with Crippen LogP contribution in [0.2, 0.25) is 0 Å². The number of hydrogen-bond acceptors (Lipinski definition) is 2. The molecule has 0 saturated heterocycles. The van der Waals surface area contributed by atoms with Crippen LogP contribution in [0.3, 0.4) is 0 Å². The first-order valence-electron chi connectivity index (χ1n) is 5.58. The molecule has 0 fully saturated rings. The second-order valence-corrected chi connectivity index (χ2v) is 2.47. The Morgan fingerprint density at radius 3 is 2.19 bits per heavy atom. The fourth-order valence-electron chi connectivity index (χ4n) is 0.665. The number of nitrogens with zero attached hydrogens (tertiary/aromatic N) is 3. The quantitative estimate of drug-likeness (QED) is 0.709. The lowest BCUT2D eigenvalue weighted by Gasteiger charge is -1.96. The molecule has 3 heteroatoms. The number of rotatable bonds is 3. The van der Waals surface area contributed by atoms with Crippen LogP contribution in [-0.2, 0) is 0 Å². The van der Waals surface area contributed by atoms with Gasteiger partial charge in [-0.15, -0.1) is 0 Å². The van der Waals surface area contributed by atoms with E-state index in [-0.39, 0.29) is 0 Å². The molecule has 0 saturated carbocycles. The van der Waals surface area contributed by atoms with Gasteiger partial charge in [-0.2, -0.15) is 5.10 Å². The van der Waals surface area contributed by atoms with Crippen LogP contribution < -0.4 is 0 Å². The summed E-state index contributed by atoms with van der Waals surface area (Å²) in [5.41, 5.74) is 0.892. The summed E-state index contributed by atoms with van der Waals surface area (Å²) in [4.78, 5) is 4.05. The van der Waals surface area contributed by atoms with Crippen molar-refractivity contribution in [3.05, 3.63) is 37.2 Å². The van der Waals surface area contributed by atoms with Gasteiger partial charge >= 0.3 is 0 Å². The van der Waals surface area contributed by atoms with Crippen molar-refractivity contribution in [3.8, 4) is 0 Å². The molecule has 1 rings (SSSR count). The fourth-order valence-corrected chi connectivity index (χ4v) is 0.665. The molecule has 0 spiro atoms. The van der Waals surface area contributed by atoms with Crippen LogP contribution in [0.1, 0.15) is 34.6 Å². The van der Waals surface area contributed by atoms with Gasteiger partial charge in [0, 0.05) is 18.6 Å². The number of aromatic nitrogens is 2. The van der Waals surface area contributed by atoms with Crippen molar-refractivity contribution in [2.75, 3.05) is 0 Å². The summed E-state index contributed by atoms with van der Waals surface area (Å²) in [6, 6.07) is 1.82. The van der Waals surface area contributed by atoms with Gasteiger partial charge in [0.15, 0.2) is 0 Å². The van der Waals surface area contributed by atoms with Crippen molar-refractivity contribution in [1.82, 2.24) is 9.78 Å². The Labute approximate surface area is 99.2 Å². The zero-order valence-electron chi connectivity index (χ0n) is 11.1. The molecule has 0 aromatic carbocycles. The predicted molar refractivity (Wildman–Crippen MR) is 73.6 cm³/mol. The van der Waals surface area contributed by atoms with Gasteiger partial charge in [0.2, 0.25) is 0 Å². The third-order valence-electron chi connectivity index (χ3n) is 1.20. The van der Waals surface area contributed by atoms with Gasteiger partial charge in [0.1, 0.15) is 5.82 Å². The maximum absolute atomic E-state index is 4.05. The Morgan fingerprint density at radius 2 is 1.81 bits per heavy atom. The normalized spacial score (nSPS) is 8.56. The largest absolute Gasteiger partial charge is 0.238 e. The Morgan fingerprint density at radius 1 is 1.25 bits per heavy atom. The first-order valence-corrected chi connectivity index (χ1v) is 5.58. The van der Waals surface area contributed by atoms with Crippen LogP contribution in [0.4, 0.5) is 0 Å². The summed E-state index contributed by atoms with van der Waals surface area (Å²) in [5, 5.41) is 3.97. The zero-order chi connectivity index (χ0) is 13.0. The number of aliphatic imine (C=N–C) groups is 1. The summed E-state index contributed by atoms with van der Waals surface area (Å²) in [6.45, 7) is 17.3. The van der Waals surface area contributed by atoms with Crippen molar-refractivity contribution < 1.29 is 0 Å². The van der Waals surface area contributed by atoms with Crippen LogP contribution in [0.25, 0.3) is 5.82 Å². The highest BCUT2D eigenvalue weighted by Crippen LogP contribution is 1.99. The summed E-state index contributed by atoms with van der Waals surface area (Å²) in [5.74, 6) is 0.586. The molecule has 1 heterocycles. The monoisotopic (exact) mass is 221 g/mol. The van der Waals surface area contributed by atoms with E-state index in [9.17, 15) is 0 Å². The van der Waals surface area contributed by atoms with E-state index in [0.29, 0.717) is 5.82 Å². The average molecular weight is 221 g/mol. The first-order chi connectivity index (χ1) is 7.70. The minimum Gasteiger partial charge on any atom is -0.238 e. The molecule has 3 nitrogen and oxygen atoms in total. The first kappa shape index (κ1) is 16.8. The summed E-state index contributed by atoms with van der Waals surface area (Å²) < 4.78 is 1.60. The Hall–Kier alpha value is -1.64. The summed E-state index contributed by atoms with van der Waals surface area (Å²) >= 11 is 0. The molecule has 90 valence electrons. The van der Waals surface area contributed by atoms with Crippen LogP contribution in [0, 0.1) is 0 Å². The van der Waals surface area contributed by atoms with E-state index in [0.717, 1.165) is 5.57 Å². The summed E-state index contributed by atoms with van der Waals surface area (Å²) in [6.07, 6.45) is 5.13. The molecule has 0 bridgehead atoms. The lowest BCUT2D eigenvalue weighted by Crippen LogP contribution is -1.93. The minimum absolute atomic E-state index is 0.586. The van der Waals surface area contributed by atoms with E-state index in [1.54, 1.807) is 23.3 Å². The van der Waals surface area contributed by atoms with Crippen molar-refractivity contribution in [1.29, 1.82) is 0 Å². The molecule has 0 aliphatic rings. The van der Waals surface area contributed by atoms with E-state index in [1.165, 1.54) is 0 Å². The Bertz CT molecular complexity index is 308. The Kier molecular flexibility index (Phi) is 12.0. The molecule has 1 aromatic heterocycles. The van der Waals surface area contributed by atoms with Gasteiger partial charge in [0.05, 0.1) is 0 Å². The summed E-state index contributed by atoms with van der Waals surface area (Å²) in [7, 11) is 0. The van der Waals surface area contributed by atoms with Gasteiger partial charge in [-0.3, -0.25) is 0 Å². The third-order valence-corrected chi connectivity index (χ3v) is 1.20. The Balaban J connectivity index is 0. The molecule has 0 aliphatic carbocycles. The van der Waals surface area contributed by atoms with E-state index in [4.69, 9.17) is 0 Å². The van der Waals surface area contributed by atoms with Crippen LogP contribution >= 0.6 is 0 Å². The molecule has 0 amide bonds. The highest BCUT2D eigenvalue weighted by atomic mass is 15.3. The smallest absolute Gasteiger partial charge is 0.146 e. The molecule has 0 radical (unpaired) electrons. The van der Waals surface area contributed by atoms with E-state index >= 15 is 0 Å². The minimum atomic E-state index is 0.586. The standard InChI is InChI=1S/C9H11N3.2C2H6/c1-8(2)7-10-9(3)12-6-4-5-11-12;2*1-2/h4-7H,1,3H2,2H3;2*1-2H3/b10-7-;;. The SMILES string of the molecule is C=C(C)/C=N\C(=C)n1cccn1.CC.CC. The number of hydrogen-bond donors (Lipinski definition) is 0. The maximum Gasteiger partial charge on any atom is 0.146 e. The second-order valence-electron chi connectivity index (χ2n) is 2.47. The molecule has 0 N–H and O–H groups in total. The third kappa shape index (κ3) is 7.74. The average Bonchev–Trinajstić information content (AvgIpc) is 2.85. The lowest BCUT2D eigenvalue weighted by molar-refractivity contribution is 0.891. The highest BCUT2D eigenvalue weighted by molar-refractivity contribution is 5.80. The van der Waals surface area contributed by atoms with Crippen molar-refractivity contribution in [2.24, 2.45) is 4.99 Å². The van der Waals surface area contributed by atoms with Crippen molar-refractivity contribution in [2.45, 2.75) is 34.6 Å². The molecule has 16 heavy (non-hydrogen) atoms. The maximum atomic E-state index is 4.05. The molecule has 0 atom stereocenters. The van der Waals surface area contributed by atoms with E-state index < -0.39 is 0 Å². The lowest BCUT2D eigenvalue weighted by atomic mass is 10.4. The molecule has 0 unspecified atom stereocenters. The van der Waals surface area contributed by atoms with Gasteiger partial charge < -0.3 is 0 Å². The predicted octanol–water partition coefficient (Wildman–Crippen LogP) is 4.01. The van der Waals surface area contributed by atoms with Crippen LogP contribution in [-0.4, -0.2) is 16.0 Å². The molecule has 0 aliphatic heterocycles. The molecule has 1 aromatic rings. The van der Waals surface area contributed by atoms with Gasteiger partial charge in [-0.1, -0.05) is 40.9 Å². The van der Waals surface area contributed by atoms with Crippen molar-refractivity contribution in [3.63, 3.8) is 0 Å². The topological polar surface area (TPSA) is 30.2 Å². The second kappa shape index (κ2) is 11.4. The molecular formula is C13H23N3. The van der Waals surface area contributed by atoms with E-state index in [2.05, 4.69) is 23.2 Å². The van der Waals surface area contributed by atoms with Gasteiger partial charge in [-0.05, 0) is 18.6 Å². The zero-order valence-corrected chi connectivity index (χ0v) is 11.1. The van der Waals surface area contributed by atoms with Crippen molar-refractivity contribution >= 4 is 12.0 Å². The van der Waals surface area contributed by atoms with E-state index in [1.807, 2.05) is 40.7 Å². The number of allylic oxidation sites excluding steroid dienone is 1. The van der Waals surface area contributed by atoms with Gasteiger partial charge in [0.25, 0.3) is 0 Å².